The number of nitrogens with zero attached hydrogens (tertiary/aromatic N) is 2. The number of aromatic nitrogens is 2. The van der Waals surface area contributed by atoms with Gasteiger partial charge in [-0.2, -0.15) is 0 Å². The van der Waals surface area contributed by atoms with Gasteiger partial charge in [0.15, 0.2) is 0 Å². The Kier molecular flexibility index (Phi) is 3.10. The van der Waals surface area contributed by atoms with Crippen molar-refractivity contribution in [1.29, 1.82) is 0 Å². The zero-order valence-corrected chi connectivity index (χ0v) is 10.1. The van der Waals surface area contributed by atoms with Gasteiger partial charge in [0.1, 0.15) is 17.2 Å². The van der Waals surface area contributed by atoms with Crippen LogP contribution in [0.2, 0.25) is 0 Å². The predicted octanol–water partition coefficient (Wildman–Crippen LogP) is 2.83. The fourth-order valence-corrected chi connectivity index (χ4v) is 2.30. The first-order chi connectivity index (χ1) is 7.65. The summed E-state index contributed by atoms with van der Waals surface area (Å²) in [6.45, 7) is 4.18. The van der Waals surface area contributed by atoms with Gasteiger partial charge in [-0.15, -0.1) is 0 Å². The molecule has 0 spiro atoms. The maximum absolute atomic E-state index is 5.61. The van der Waals surface area contributed by atoms with Crippen molar-refractivity contribution in [3.8, 4) is 0 Å². The highest BCUT2D eigenvalue weighted by Gasteiger charge is 2.03. The van der Waals surface area contributed by atoms with Crippen molar-refractivity contribution in [2.75, 3.05) is 5.73 Å². The summed E-state index contributed by atoms with van der Waals surface area (Å²) in [4.78, 5) is 9.24. The van der Waals surface area contributed by atoms with Gasteiger partial charge < -0.3 is 5.73 Å². The van der Waals surface area contributed by atoms with Crippen LogP contribution < -0.4 is 5.73 Å². The van der Waals surface area contributed by atoms with Crippen molar-refractivity contribution in [3.05, 3.63) is 41.7 Å². The molecular weight excluding hydrogens is 218 g/mol. The molecular formula is C12H13N3S. The van der Waals surface area contributed by atoms with Crippen LogP contribution in [0.5, 0.6) is 0 Å². The first-order valence-corrected chi connectivity index (χ1v) is 5.79. The van der Waals surface area contributed by atoms with Gasteiger partial charge in [-0.05, 0) is 25.5 Å². The first kappa shape index (κ1) is 11.0. The zero-order chi connectivity index (χ0) is 11.5. The van der Waals surface area contributed by atoms with Crippen LogP contribution in [-0.2, 0) is 0 Å². The number of nitrogen functional groups attached to an aromatic ring is 1. The molecule has 1 aromatic carbocycles. The molecule has 2 aromatic rings. The van der Waals surface area contributed by atoms with Crippen molar-refractivity contribution in [3.63, 3.8) is 0 Å². The van der Waals surface area contributed by atoms with E-state index in [4.69, 9.17) is 5.73 Å². The molecule has 0 saturated heterocycles. The average molecular weight is 231 g/mol. The first-order valence-electron chi connectivity index (χ1n) is 4.98. The van der Waals surface area contributed by atoms with E-state index in [1.807, 2.05) is 0 Å². The fourth-order valence-electron chi connectivity index (χ4n) is 1.44. The summed E-state index contributed by atoms with van der Waals surface area (Å²) in [6.07, 6.45) is 1.49. The smallest absolute Gasteiger partial charge is 0.127 e. The summed E-state index contributed by atoms with van der Waals surface area (Å²) in [6, 6.07) is 8.14. The van der Waals surface area contributed by atoms with Crippen LogP contribution in [0.1, 0.15) is 11.1 Å². The molecule has 0 aliphatic carbocycles. The number of rotatable bonds is 2. The standard InChI is InChI=1S/C12H13N3S/c1-8-3-4-10(9(2)5-8)16-12-6-11(13)14-7-15-12/h3-7H,1-2H3,(H2,13,14,15). The molecule has 0 saturated carbocycles. The average Bonchev–Trinajstić information content (AvgIpc) is 2.22. The lowest BCUT2D eigenvalue weighted by Crippen LogP contribution is -1.91. The second-order valence-corrected chi connectivity index (χ2v) is 4.71. The number of aryl methyl sites for hydroxylation is 2. The van der Waals surface area contributed by atoms with Gasteiger partial charge >= 0.3 is 0 Å². The van der Waals surface area contributed by atoms with Crippen LogP contribution in [-0.4, -0.2) is 9.97 Å². The fraction of sp³-hybridized carbons (Fsp3) is 0.167. The molecule has 1 aromatic heterocycles. The van der Waals surface area contributed by atoms with Crippen molar-refractivity contribution in [2.45, 2.75) is 23.8 Å². The summed E-state index contributed by atoms with van der Waals surface area (Å²) >= 11 is 1.61. The van der Waals surface area contributed by atoms with E-state index in [0.29, 0.717) is 5.82 Å². The molecule has 0 radical (unpaired) electrons. The third-order valence-corrected chi connectivity index (χ3v) is 3.32. The van der Waals surface area contributed by atoms with Crippen molar-refractivity contribution >= 4 is 17.6 Å². The summed E-state index contributed by atoms with van der Waals surface area (Å²) in [7, 11) is 0. The molecule has 0 unspecified atom stereocenters. The minimum absolute atomic E-state index is 0.502. The molecule has 3 nitrogen and oxygen atoms in total. The zero-order valence-electron chi connectivity index (χ0n) is 9.27. The highest BCUT2D eigenvalue weighted by molar-refractivity contribution is 7.99. The second-order valence-electron chi connectivity index (χ2n) is 3.65. The SMILES string of the molecule is Cc1ccc(Sc2cc(N)ncn2)c(C)c1. The quantitative estimate of drug-likeness (QED) is 0.807. The number of nitrogens with two attached hydrogens (primary N) is 1. The molecule has 0 fully saturated rings. The largest absolute Gasteiger partial charge is 0.384 e. The van der Waals surface area contributed by atoms with Crippen LogP contribution >= 0.6 is 11.8 Å². The Morgan fingerprint density at radius 2 is 1.94 bits per heavy atom. The van der Waals surface area contributed by atoms with E-state index in [2.05, 4.69) is 42.0 Å². The van der Waals surface area contributed by atoms with Gasteiger partial charge in [-0.1, -0.05) is 29.5 Å². The van der Waals surface area contributed by atoms with Gasteiger partial charge in [0.2, 0.25) is 0 Å². The predicted molar refractivity (Wildman–Crippen MR) is 66.5 cm³/mol. The molecule has 0 bridgehead atoms. The second kappa shape index (κ2) is 4.53. The van der Waals surface area contributed by atoms with Crippen LogP contribution in [0.25, 0.3) is 0 Å². The van der Waals surface area contributed by atoms with E-state index in [0.717, 1.165) is 5.03 Å². The van der Waals surface area contributed by atoms with Crippen molar-refractivity contribution in [2.24, 2.45) is 0 Å². The topological polar surface area (TPSA) is 51.8 Å². The van der Waals surface area contributed by atoms with E-state index in [-0.39, 0.29) is 0 Å². The molecule has 16 heavy (non-hydrogen) atoms. The minimum Gasteiger partial charge on any atom is -0.384 e. The Morgan fingerprint density at radius 1 is 1.12 bits per heavy atom. The van der Waals surface area contributed by atoms with E-state index >= 15 is 0 Å². The lowest BCUT2D eigenvalue weighted by atomic mass is 10.2. The number of hydrogen-bond acceptors (Lipinski definition) is 4. The number of benzene rings is 1. The number of hydrogen-bond donors (Lipinski definition) is 1. The van der Waals surface area contributed by atoms with Crippen molar-refractivity contribution < 1.29 is 0 Å². The minimum atomic E-state index is 0.502. The lowest BCUT2D eigenvalue weighted by Gasteiger charge is -2.05. The maximum Gasteiger partial charge on any atom is 0.127 e. The van der Waals surface area contributed by atoms with Crippen LogP contribution in [0, 0.1) is 13.8 Å². The van der Waals surface area contributed by atoms with Gasteiger partial charge in [-0.3, -0.25) is 0 Å². The normalized spacial score (nSPS) is 10.4. The molecule has 4 heteroatoms. The molecule has 0 aliphatic rings. The van der Waals surface area contributed by atoms with E-state index in [1.54, 1.807) is 17.8 Å². The van der Waals surface area contributed by atoms with Crippen LogP contribution in [0.15, 0.2) is 40.5 Å². The molecule has 0 atom stereocenters. The molecule has 1 heterocycles. The Morgan fingerprint density at radius 3 is 2.62 bits per heavy atom. The summed E-state index contributed by atoms with van der Waals surface area (Å²) in [5, 5.41) is 0.874. The molecule has 2 N–H and O–H groups in total. The Bertz CT molecular complexity index is 511. The third kappa shape index (κ3) is 2.52. The van der Waals surface area contributed by atoms with E-state index in [9.17, 15) is 0 Å². The maximum atomic E-state index is 5.61. The van der Waals surface area contributed by atoms with Crippen LogP contribution in [0.4, 0.5) is 5.82 Å². The van der Waals surface area contributed by atoms with Gasteiger partial charge in [-0.25, -0.2) is 9.97 Å². The molecule has 82 valence electrons. The molecule has 0 amide bonds. The molecule has 0 aliphatic heterocycles. The molecule has 2 rings (SSSR count). The Balaban J connectivity index is 2.27. The third-order valence-electron chi connectivity index (χ3n) is 2.21. The summed E-state index contributed by atoms with van der Waals surface area (Å²) < 4.78 is 0. The summed E-state index contributed by atoms with van der Waals surface area (Å²) in [5.74, 6) is 0.502. The monoisotopic (exact) mass is 231 g/mol. The van der Waals surface area contributed by atoms with Gasteiger partial charge in [0.05, 0.1) is 0 Å². The van der Waals surface area contributed by atoms with Gasteiger partial charge in [0, 0.05) is 11.0 Å². The van der Waals surface area contributed by atoms with E-state index < -0.39 is 0 Å². The lowest BCUT2D eigenvalue weighted by molar-refractivity contribution is 1.05. The summed E-state index contributed by atoms with van der Waals surface area (Å²) in [5.41, 5.74) is 8.13. The number of anilines is 1. The van der Waals surface area contributed by atoms with Crippen LogP contribution in [0.3, 0.4) is 0 Å². The highest BCUT2D eigenvalue weighted by atomic mass is 32.2. The van der Waals surface area contributed by atoms with Crippen molar-refractivity contribution in [1.82, 2.24) is 9.97 Å². The highest BCUT2D eigenvalue weighted by Crippen LogP contribution is 2.29. The van der Waals surface area contributed by atoms with E-state index in [1.165, 1.54) is 22.3 Å². The Hall–Kier alpha value is -1.55. The Labute approximate surface area is 99.1 Å². The van der Waals surface area contributed by atoms with Gasteiger partial charge in [0.25, 0.3) is 0 Å².